The summed E-state index contributed by atoms with van der Waals surface area (Å²) < 4.78 is 37.5. The third kappa shape index (κ3) is 7.13. The van der Waals surface area contributed by atoms with Crippen molar-refractivity contribution in [1.82, 2.24) is 10.2 Å². The lowest BCUT2D eigenvalue weighted by Gasteiger charge is -2.32. The molecule has 21 heavy (non-hydrogen) atoms. The van der Waals surface area contributed by atoms with Crippen LogP contribution >= 0.6 is 0 Å². The third-order valence-corrected chi connectivity index (χ3v) is 3.69. The van der Waals surface area contributed by atoms with Crippen molar-refractivity contribution in [3.05, 3.63) is 0 Å². The Kier molecular flexibility index (Phi) is 8.25. The molecule has 7 heteroatoms. The largest absolute Gasteiger partial charge is 0.480 e. The Morgan fingerprint density at radius 3 is 2.19 bits per heavy atom. The Morgan fingerprint density at radius 1 is 1.29 bits per heavy atom. The highest BCUT2D eigenvalue weighted by atomic mass is 19.4. The Bertz CT molecular complexity index is 322. The molecule has 1 unspecified atom stereocenters. The van der Waals surface area contributed by atoms with E-state index in [4.69, 9.17) is 0 Å². The zero-order valence-electron chi connectivity index (χ0n) is 13.3. The van der Waals surface area contributed by atoms with Gasteiger partial charge in [-0.05, 0) is 46.2 Å². The van der Waals surface area contributed by atoms with Gasteiger partial charge < -0.3 is 10.4 Å². The number of likely N-dealkylation sites (N-methyl/N-ethyl adjacent to an activating group) is 1. The number of hydrogen-bond donors (Lipinski definition) is 2. The fourth-order valence-corrected chi connectivity index (χ4v) is 2.40. The maximum atomic E-state index is 12.5. The van der Waals surface area contributed by atoms with Gasteiger partial charge in [-0.2, -0.15) is 13.2 Å². The molecular formula is C14H27F3N2O2. The SMILES string of the molecule is CCNC(CC)(CCCN(CC(F)(F)F)C(C)C)C(=O)O. The smallest absolute Gasteiger partial charge is 0.401 e. The molecule has 1 atom stereocenters. The van der Waals surface area contributed by atoms with E-state index >= 15 is 0 Å². The van der Waals surface area contributed by atoms with Crippen LogP contribution in [-0.4, -0.2) is 53.4 Å². The number of carbonyl (C=O) groups is 1. The van der Waals surface area contributed by atoms with Crippen molar-refractivity contribution in [2.75, 3.05) is 19.6 Å². The van der Waals surface area contributed by atoms with E-state index in [0.717, 1.165) is 0 Å². The van der Waals surface area contributed by atoms with Crippen LogP contribution in [0, 0.1) is 0 Å². The number of carboxylic acids is 1. The molecule has 0 saturated carbocycles. The van der Waals surface area contributed by atoms with Crippen molar-refractivity contribution in [3.8, 4) is 0 Å². The molecule has 0 aliphatic rings. The summed E-state index contributed by atoms with van der Waals surface area (Å²) in [7, 11) is 0. The zero-order chi connectivity index (χ0) is 16.7. The van der Waals surface area contributed by atoms with E-state index in [9.17, 15) is 23.1 Å². The van der Waals surface area contributed by atoms with Gasteiger partial charge in [0.15, 0.2) is 0 Å². The molecule has 126 valence electrons. The van der Waals surface area contributed by atoms with Gasteiger partial charge in [-0.1, -0.05) is 13.8 Å². The molecule has 0 aromatic heterocycles. The maximum absolute atomic E-state index is 12.5. The van der Waals surface area contributed by atoms with Crippen molar-refractivity contribution >= 4 is 5.97 Å². The number of nitrogens with one attached hydrogen (secondary N) is 1. The van der Waals surface area contributed by atoms with Gasteiger partial charge in [0.05, 0.1) is 6.54 Å². The summed E-state index contributed by atoms with van der Waals surface area (Å²) >= 11 is 0. The molecule has 0 radical (unpaired) electrons. The van der Waals surface area contributed by atoms with Gasteiger partial charge in [-0.25, -0.2) is 0 Å². The van der Waals surface area contributed by atoms with Gasteiger partial charge in [0, 0.05) is 6.04 Å². The molecule has 0 rings (SSSR count). The normalized spacial score (nSPS) is 15.5. The van der Waals surface area contributed by atoms with Crippen molar-refractivity contribution in [2.24, 2.45) is 0 Å². The second-order valence-electron chi connectivity index (χ2n) is 5.55. The monoisotopic (exact) mass is 312 g/mol. The number of nitrogens with zero attached hydrogens (tertiary/aromatic N) is 1. The Morgan fingerprint density at radius 2 is 1.86 bits per heavy atom. The number of alkyl halides is 3. The van der Waals surface area contributed by atoms with E-state index in [-0.39, 0.29) is 12.6 Å². The summed E-state index contributed by atoms with van der Waals surface area (Å²) in [5.41, 5.74) is -1.05. The summed E-state index contributed by atoms with van der Waals surface area (Å²) in [6, 6.07) is -0.230. The van der Waals surface area contributed by atoms with Crippen LogP contribution in [0.25, 0.3) is 0 Å². The van der Waals surface area contributed by atoms with Crippen molar-refractivity contribution < 1.29 is 23.1 Å². The predicted molar refractivity (Wildman–Crippen MR) is 76.3 cm³/mol. The molecule has 0 fully saturated rings. The van der Waals surface area contributed by atoms with Crippen LogP contribution in [-0.2, 0) is 4.79 Å². The molecule has 0 amide bonds. The molecule has 0 saturated heterocycles. The number of carboxylic acid groups (broad SMARTS) is 1. The second kappa shape index (κ2) is 8.58. The quantitative estimate of drug-likeness (QED) is 0.651. The van der Waals surface area contributed by atoms with Gasteiger partial charge in [-0.3, -0.25) is 9.69 Å². The average Bonchev–Trinajstić information content (AvgIpc) is 2.34. The van der Waals surface area contributed by atoms with E-state index < -0.39 is 24.2 Å². The number of hydrogen-bond acceptors (Lipinski definition) is 3. The first kappa shape index (κ1) is 20.2. The molecule has 0 aliphatic carbocycles. The molecular weight excluding hydrogens is 285 g/mol. The van der Waals surface area contributed by atoms with Crippen molar-refractivity contribution in [2.45, 2.75) is 64.7 Å². The highest BCUT2D eigenvalue weighted by Gasteiger charge is 2.36. The molecule has 4 nitrogen and oxygen atoms in total. The Labute approximate surface area is 124 Å². The van der Waals surface area contributed by atoms with Crippen LogP contribution < -0.4 is 5.32 Å². The number of aliphatic carboxylic acids is 1. The van der Waals surface area contributed by atoms with E-state index in [0.29, 0.717) is 25.8 Å². The lowest BCUT2D eigenvalue weighted by atomic mass is 9.90. The van der Waals surface area contributed by atoms with Gasteiger partial charge in [0.25, 0.3) is 0 Å². The highest BCUT2D eigenvalue weighted by molar-refractivity contribution is 5.78. The molecule has 0 aromatic carbocycles. The lowest BCUT2D eigenvalue weighted by molar-refractivity contribution is -0.151. The molecule has 0 bridgehead atoms. The minimum absolute atomic E-state index is 0.230. The summed E-state index contributed by atoms with van der Waals surface area (Å²) in [5.74, 6) is -0.946. The molecule has 2 N–H and O–H groups in total. The lowest BCUT2D eigenvalue weighted by Crippen LogP contribution is -2.52. The van der Waals surface area contributed by atoms with Crippen molar-refractivity contribution in [1.29, 1.82) is 0 Å². The topological polar surface area (TPSA) is 52.6 Å². The van der Waals surface area contributed by atoms with Crippen LogP contribution in [0.5, 0.6) is 0 Å². The first-order valence-electron chi connectivity index (χ1n) is 7.37. The molecule has 0 spiro atoms. The van der Waals surface area contributed by atoms with Crippen LogP contribution in [0.1, 0.15) is 47.0 Å². The third-order valence-electron chi connectivity index (χ3n) is 3.69. The highest BCUT2D eigenvalue weighted by Crippen LogP contribution is 2.21. The first-order valence-corrected chi connectivity index (χ1v) is 7.37. The van der Waals surface area contributed by atoms with E-state index in [1.165, 1.54) is 4.90 Å². The number of rotatable bonds is 10. The van der Waals surface area contributed by atoms with Gasteiger partial charge in [0.1, 0.15) is 5.54 Å². The summed E-state index contributed by atoms with van der Waals surface area (Å²) in [4.78, 5) is 12.8. The van der Waals surface area contributed by atoms with Gasteiger partial charge in [-0.15, -0.1) is 0 Å². The average molecular weight is 312 g/mol. The standard InChI is InChI=1S/C14H27F3N2O2/c1-5-13(12(20)21,18-6-2)8-7-9-19(11(3)4)10-14(15,16)17/h11,18H,5-10H2,1-4H3,(H,20,21). The summed E-state index contributed by atoms with van der Waals surface area (Å²) in [6.07, 6.45) is -3.12. The fourth-order valence-electron chi connectivity index (χ4n) is 2.40. The van der Waals surface area contributed by atoms with E-state index in [1.54, 1.807) is 20.8 Å². The minimum atomic E-state index is -4.24. The minimum Gasteiger partial charge on any atom is -0.480 e. The fraction of sp³-hybridized carbons (Fsp3) is 0.929. The maximum Gasteiger partial charge on any atom is 0.401 e. The first-order chi connectivity index (χ1) is 9.58. The molecule has 0 heterocycles. The zero-order valence-corrected chi connectivity index (χ0v) is 13.3. The summed E-state index contributed by atoms with van der Waals surface area (Å²) in [5, 5.41) is 12.3. The van der Waals surface area contributed by atoms with Crippen LogP contribution in [0.4, 0.5) is 13.2 Å². The molecule has 0 aromatic rings. The van der Waals surface area contributed by atoms with Gasteiger partial charge in [0.2, 0.25) is 0 Å². The molecule has 0 aliphatic heterocycles. The van der Waals surface area contributed by atoms with Crippen molar-refractivity contribution in [3.63, 3.8) is 0 Å². The Balaban J connectivity index is 4.62. The van der Waals surface area contributed by atoms with Crippen LogP contribution in [0.3, 0.4) is 0 Å². The number of halogens is 3. The summed E-state index contributed by atoms with van der Waals surface area (Å²) in [6.45, 7) is 6.79. The van der Waals surface area contributed by atoms with Crippen LogP contribution in [0.15, 0.2) is 0 Å². The second-order valence-corrected chi connectivity index (χ2v) is 5.55. The van der Waals surface area contributed by atoms with Gasteiger partial charge >= 0.3 is 12.1 Å². The van der Waals surface area contributed by atoms with E-state index in [1.807, 2.05) is 6.92 Å². The van der Waals surface area contributed by atoms with E-state index in [2.05, 4.69) is 5.32 Å². The Hall–Kier alpha value is -0.820. The predicted octanol–water partition coefficient (Wildman–Crippen LogP) is 2.88. The van der Waals surface area contributed by atoms with Crippen LogP contribution in [0.2, 0.25) is 0 Å².